The van der Waals surface area contributed by atoms with Crippen molar-refractivity contribution in [2.45, 2.75) is 19.4 Å². The molecule has 2 rings (SSSR count). The van der Waals surface area contributed by atoms with Gasteiger partial charge in [0.05, 0.1) is 19.3 Å². The quantitative estimate of drug-likeness (QED) is 0.781. The van der Waals surface area contributed by atoms with Crippen molar-refractivity contribution >= 4 is 0 Å². The van der Waals surface area contributed by atoms with Gasteiger partial charge in [-0.1, -0.05) is 0 Å². The van der Waals surface area contributed by atoms with Crippen LogP contribution in [0.2, 0.25) is 0 Å². The topological polar surface area (TPSA) is 38.7 Å². The van der Waals surface area contributed by atoms with Crippen LogP contribution in [0.5, 0.6) is 11.5 Å². The van der Waals surface area contributed by atoms with E-state index in [-0.39, 0.29) is 0 Å². The van der Waals surface area contributed by atoms with Gasteiger partial charge in [0.1, 0.15) is 11.5 Å². The predicted octanol–water partition coefficient (Wildman–Crippen LogP) is 1.90. The predicted molar refractivity (Wildman–Crippen MR) is 52.7 cm³/mol. The van der Waals surface area contributed by atoms with E-state index in [1.807, 2.05) is 25.1 Å². The number of benzene rings is 1. The maximum Gasteiger partial charge on any atom is 0.125 e. The number of aliphatic hydroxyl groups excluding tert-OH is 1. The van der Waals surface area contributed by atoms with Crippen molar-refractivity contribution in [2.75, 3.05) is 13.2 Å². The van der Waals surface area contributed by atoms with Crippen molar-refractivity contribution in [1.82, 2.24) is 0 Å². The van der Waals surface area contributed by atoms with Crippen LogP contribution in [0.15, 0.2) is 18.2 Å². The van der Waals surface area contributed by atoms with Gasteiger partial charge in [-0.15, -0.1) is 0 Å². The molecule has 14 heavy (non-hydrogen) atoms. The number of ether oxygens (including phenoxy) is 2. The van der Waals surface area contributed by atoms with E-state index in [4.69, 9.17) is 9.47 Å². The lowest BCUT2D eigenvalue weighted by molar-refractivity contribution is 0.115. The minimum absolute atomic E-state index is 0.417. The van der Waals surface area contributed by atoms with Crippen molar-refractivity contribution < 1.29 is 14.6 Å². The number of fused-ring (bicyclic) bond motifs is 1. The van der Waals surface area contributed by atoms with Crippen LogP contribution in [0.3, 0.4) is 0 Å². The lowest BCUT2D eigenvalue weighted by Crippen LogP contribution is -2.13. The van der Waals surface area contributed by atoms with Crippen molar-refractivity contribution in [3.63, 3.8) is 0 Å². The van der Waals surface area contributed by atoms with Crippen LogP contribution in [-0.2, 0) is 0 Å². The molecule has 1 aromatic rings. The third kappa shape index (κ3) is 1.68. The van der Waals surface area contributed by atoms with Crippen LogP contribution >= 0.6 is 0 Å². The lowest BCUT2D eigenvalue weighted by Gasteiger charge is -2.22. The summed E-state index contributed by atoms with van der Waals surface area (Å²) in [6.07, 6.45) is 0.238. The normalized spacial score (nSPS) is 19.7. The summed E-state index contributed by atoms with van der Waals surface area (Å²) in [5, 5.41) is 9.72. The van der Waals surface area contributed by atoms with E-state index in [1.54, 1.807) is 0 Å². The van der Waals surface area contributed by atoms with E-state index < -0.39 is 6.10 Å². The Morgan fingerprint density at radius 2 is 2.43 bits per heavy atom. The maximum atomic E-state index is 9.72. The van der Waals surface area contributed by atoms with E-state index in [0.717, 1.165) is 17.1 Å². The van der Waals surface area contributed by atoms with Gasteiger partial charge in [0.2, 0.25) is 0 Å². The largest absolute Gasteiger partial charge is 0.494 e. The van der Waals surface area contributed by atoms with E-state index in [2.05, 4.69) is 0 Å². The molecule has 0 unspecified atom stereocenters. The molecule has 0 radical (unpaired) electrons. The Hall–Kier alpha value is -1.22. The SMILES string of the molecule is CCOc1ccc2c(c1)[C@@H](O)CCO2. The second-order valence-corrected chi connectivity index (χ2v) is 3.29. The van der Waals surface area contributed by atoms with Gasteiger partial charge in [-0.25, -0.2) is 0 Å². The molecule has 1 atom stereocenters. The van der Waals surface area contributed by atoms with Gasteiger partial charge in [0.15, 0.2) is 0 Å². The standard InChI is InChI=1S/C11H14O3/c1-2-13-8-3-4-11-9(7-8)10(12)5-6-14-11/h3-4,7,10,12H,2,5-6H2,1H3/t10-/m0/s1. The summed E-state index contributed by atoms with van der Waals surface area (Å²) in [6.45, 7) is 3.16. The van der Waals surface area contributed by atoms with Crippen LogP contribution in [0, 0.1) is 0 Å². The van der Waals surface area contributed by atoms with Crippen molar-refractivity contribution in [2.24, 2.45) is 0 Å². The zero-order valence-electron chi connectivity index (χ0n) is 8.19. The molecule has 0 bridgehead atoms. The Labute approximate surface area is 83.3 Å². The molecular weight excluding hydrogens is 180 g/mol. The summed E-state index contributed by atoms with van der Waals surface area (Å²) < 4.78 is 10.8. The smallest absolute Gasteiger partial charge is 0.125 e. The monoisotopic (exact) mass is 194 g/mol. The highest BCUT2D eigenvalue weighted by Crippen LogP contribution is 2.34. The highest BCUT2D eigenvalue weighted by atomic mass is 16.5. The zero-order chi connectivity index (χ0) is 9.97. The molecule has 3 heteroatoms. The van der Waals surface area contributed by atoms with Gasteiger partial charge in [-0.2, -0.15) is 0 Å². The molecule has 3 nitrogen and oxygen atoms in total. The van der Waals surface area contributed by atoms with Crippen LogP contribution in [0.25, 0.3) is 0 Å². The molecule has 1 heterocycles. The van der Waals surface area contributed by atoms with E-state index in [0.29, 0.717) is 19.6 Å². The third-order valence-corrected chi connectivity index (χ3v) is 2.30. The summed E-state index contributed by atoms with van der Waals surface area (Å²) in [5.41, 5.74) is 0.835. The first-order chi connectivity index (χ1) is 6.81. The maximum absolute atomic E-state index is 9.72. The Bertz CT molecular complexity index is 322. The summed E-state index contributed by atoms with van der Waals surface area (Å²) in [4.78, 5) is 0. The molecule has 1 aromatic carbocycles. The summed E-state index contributed by atoms with van der Waals surface area (Å²) in [7, 11) is 0. The minimum atomic E-state index is -0.417. The number of hydrogen-bond donors (Lipinski definition) is 1. The second-order valence-electron chi connectivity index (χ2n) is 3.29. The average molecular weight is 194 g/mol. The number of hydrogen-bond acceptors (Lipinski definition) is 3. The zero-order valence-corrected chi connectivity index (χ0v) is 8.19. The molecule has 76 valence electrons. The molecule has 1 aliphatic rings. The van der Waals surface area contributed by atoms with E-state index in [9.17, 15) is 5.11 Å². The first-order valence-electron chi connectivity index (χ1n) is 4.89. The van der Waals surface area contributed by atoms with Crippen LogP contribution in [0.1, 0.15) is 25.0 Å². The highest BCUT2D eigenvalue weighted by Gasteiger charge is 2.19. The van der Waals surface area contributed by atoms with Gasteiger partial charge in [0.25, 0.3) is 0 Å². The molecule has 1 aliphatic heterocycles. The van der Waals surface area contributed by atoms with Gasteiger partial charge in [0, 0.05) is 12.0 Å². The van der Waals surface area contributed by atoms with Crippen molar-refractivity contribution in [3.05, 3.63) is 23.8 Å². The van der Waals surface area contributed by atoms with Gasteiger partial charge >= 0.3 is 0 Å². The lowest BCUT2D eigenvalue weighted by atomic mass is 10.0. The van der Waals surface area contributed by atoms with Crippen LogP contribution in [-0.4, -0.2) is 18.3 Å². The Balaban J connectivity index is 2.31. The first-order valence-corrected chi connectivity index (χ1v) is 4.89. The number of aliphatic hydroxyl groups is 1. The fourth-order valence-electron chi connectivity index (χ4n) is 1.61. The molecule has 0 saturated heterocycles. The van der Waals surface area contributed by atoms with Gasteiger partial charge in [-0.3, -0.25) is 0 Å². The molecule has 0 aliphatic carbocycles. The molecule has 0 aromatic heterocycles. The average Bonchev–Trinajstić information content (AvgIpc) is 2.20. The summed E-state index contributed by atoms with van der Waals surface area (Å²) >= 11 is 0. The molecule has 0 fully saturated rings. The molecule has 1 N–H and O–H groups in total. The summed E-state index contributed by atoms with van der Waals surface area (Å²) in [6, 6.07) is 5.56. The fourth-order valence-corrected chi connectivity index (χ4v) is 1.61. The molecule has 0 saturated carbocycles. The summed E-state index contributed by atoms with van der Waals surface area (Å²) in [5.74, 6) is 1.56. The second kappa shape index (κ2) is 3.88. The fraction of sp³-hybridized carbons (Fsp3) is 0.455. The Morgan fingerprint density at radius 3 is 3.21 bits per heavy atom. The minimum Gasteiger partial charge on any atom is -0.494 e. The van der Waals surface area contributed by atoms with E-state index >= 15 is 0 Å². The molecular formula is C11H14O3. The third-order valence-electron chi connectivity index (χ3n) is 2.30. The van der Waals surface area contributed by atoms with Crippen LogP contribution in [0.4, 0.5) is 0 Å². The van der Waals surface area contributed by atoms with Crippen LogP contribution < -0.4 is 9.47 Å². The highest BCUT2D eigenvalue weighted by molar-refractivity contribution is 5.42. The Kier molecular flexibility index (Phi) is 2.59. The van der Waals surface area contributed by atoms with Gasteiger partial charge in [-0.05, 0) is 25.1 Å². The first kappa shape index (κ1) is 9.34. The van der Waals surface area contributed by atoms with Crippen molar-refractivity contribution in [3.8, 4) is 11.5 Å². The Morgan fingerprint density at radius 1 is 1.57 bits per heavy atom. The van der Waals surface area contributed by atoms with Gasteiger partial charge < -0.3 is 14.6 Å². The van der Waals surface area contributed by atoms with E-state index in [1.165, 1.54) is 0 Å². The molecule has 0 spiro atoms. The number of rotatable bonds is 2. The van der Waals surface area contributed by atoms with Crippen molar-refractivity contribution in [1.29, 1.82) is 0 Å². The molecule has 0 amide bonds.